The summed E-state index contributed by atoms with van der Waals surface area (Å²) in [4.78, 5) is 35.8. The number of hydrogen-bond acceptors (Lipinski definition) is 7. The number of ether oxygens (including phenoxy) is 2. The average Bonchev–Trinajstić information content (AvgIpc) is 2.60. The van der Waals surface area contributed by atoms with Crippen LogP contribution < -0.4 is 14.8 Å². The summed E-state index contributed by atoms with van der Waals surface area (Å²) in [5.74, 6) is -1.29. The van der Waals surface area contributed by atoms with Crippen molar-refractivity contribution in [1.29, 1.82) is 0 Å². The fraction of sp³-hybridized carbons (Fsp3) is 0.529. The number of nitro benzene ring substituents is 1. The molecule has 27 heavy (non-hydrogen) atoms. The molecule has 0 saturated heterocycles. The van der Waals surface area contributed by atoms with E-state index in [9.17, 15) is 19.7 Å². The number of nitrogens with one attached hydrogen (secondary N) is 1. The molecule has 1 aromatic carbocycles. The molecule has 1 saturated carbocycles. The van der Waals surface area contributed by atoms with Crippen LogP contribution in [-0.4, -0.2) is 66.2 Å². The first-order chi connectivity index (χ1) is 12.8. The fourth-order valence-corrected chi connectivity index (χ4v) is 3.16. The molecule has 0 aromatic heterocycles. The Morgan fingerprint density at radius 1 is 1.33 bits per heavy atom. The summed E-state index contributed by atoms with van der Waals surface area (Å²) in [5, 5.41) is 23.0. The molecule has 148 valence electrons. The molecule has 2 rings (SSSR count). The quantitative estimate of drug-likeness (QED) is 0.483. The lowest BCUT2D eigenvalue weighted by molar-refractivity contribution is -0.385. The summed E-state index contributed by atoms with van der Waals surface area (Å²) in [6, 6.07) is 2.52. The first-order valence-corrected chi connectivity index (χ1v) is 8.47. The van der Waals surface area contributed by atoms with Crippen molar-refractivity contribution >= 4 is 17.6 Å². The summed E-state index contributed by atoms with van der Waals surface area (Å²) in [5.41, 5.74) is -0.257. The Morgan fingerprint density at radius 2 is 2.00 bits per heavy atom. The van der Waals surface area contributed by atoms with Crippen molar-refractivity contribution < 1.29 is 29.1 Å². The van der Waals surface area contributed by atoms with E-state index in [1.54, 1.807) is 0 Å². The number of nitrogens with zero attached hydrogens (tertiary/aromatic N) is 2. The maximum atomic E-state index is 12.5. The van der Waals surface area contributed by atoms with E-state index in [2.05, 4.69) is 5.32 Å². The van der Waals surface area contributed by atoms with Crippen LogP contribution >= 0.6 is 0 Å². The highest BCUT2D eigenvalue weighted by atomic mass is 16.6. The molecule has 1 fully saturated rings. The summed E-state index contributed by atoms with van der Waals surface area (Å²) < 4.78 is 10.1. The van der Waals surface area contributed by atoms with Crippen molar-refractivity contribution in [2.24, 2.45) is 0 Å². The van der Waals surface area contributed by atoms with Gasteiger partial charge in [0.2, 0.25) is 5.75 Å². The number of methoxy groups -OCH3 is 2. The number of aliphatic carboxylic acids is 1. The highest BCUT2D eigenvalue weighted by Crippen LogP contribution is 2.38. The molecule has 0 bridgehead atoms. The highest BCUT2D eigenvalue weighted by molar-refractivity contribution is 5.96. The van der Waals surface area contributed by atoms with E-state index in [1.807, 2.05) is 11.8 Å². The Morgan fingerprint density at radius 3 is 2.48 bits per heavy atom. The van der Waals surface area contributed by atoms with Gasteiger partial charge in [0.15, 0.2) is 5.75 Å². The number of nitro groups is 1. The highest BCUT2D eigenvalue weighted by Gasteiger charge is 2.35. The third kappa shape index (κ3) is 4.64. The fourth-order valence-electron chi connectivity index (χ4n) is 3.16. The predicted molar refractivity (Wildman–Crippen MR) is 95.4 cm³/mol. The van der Waals surface area contributed by atoms with Gasteiger partial charge >= 0.3 is 11.7 Å². The normalized spacial score (nSPS) is 18.5. The van der Waals surface area contributed by atoms with Gasteiger partial charge in [-0.05, 0) is 25.5 Å². The Balaban J connectivity index is 2.06. The van der Waals surface area contributed by atoms with Crippen molar-refractivity contribution in [3.05, 3.63) is 27.8 Å². The third-order valence-corrected chi connectivity index (χ3v) is 4.63. The molecule has 0 atom stereocenters. The Hall–Kier alpha value is -2.88. The first kappa shape index (κ1) is 20.4. The van der Waals surface area contributed by atoms with Crippen LogP contribution in [0.4, 0.5) is 5.69 Å². The number of rotatable bonds is 9. The van der Waals surface area contributed by atoms with E-state index in [0.717, 1.165) is 6.07 Å². The second kappa shape index (κ2) is 8.67. The van der Waals surface area contributed by atoms with Crippen LogP contribution in [0.3, 0.4) is 0 Å². The minimum atomic E-state index is -0.887. The molecule has 0 heterocycles. The van der Waals surface area contributed by atoms with Crippen LogP contribution in [0.2, 0.25) is 0 Å². The van der Waals surface area contributed by atoms with Crippen LogP contribution in [0.25, 0.3) is 0 Å². The third-order valence-electron chi connectivity index (χ3n) is 4.63. The zero-order chi connectivity index (χ0) is 20.1. The number of amides is 1. The maximum Gasteiger partial charge on any atom is 0.317 e. The van der Waals surface area contributed by atoms with Crippen LogP contribution in [0, 0.1) is 10.1 Å². The molecular weight excluding hydrogens is 358 g/mol. The van der Waals surface area contributed by atoms with Gasteiger partial charge in [-0.1, -0.05) is 6.92 Å². The summed E-state index contributed by atoms with van der Waals surface area (Å²) in [6.45, 7) is 2.46. The van der Waals surface area contributed by atoms with Crippen molar-refractivity contribution in [3.63, 3.8) is 0 Å². The van der Waals surface area contributed by atoms with Crippen LogP contribution in [0.15, 0.2) is 12.1 Å². The van der Waals surface area contributed by atoms with Crippen molar-refractivity contribution in [1.82, 2.24) is 10.2 Å². The minimum absolute atomic E-state index is 0.0380. The zero-order valence-corrected chi connectivity index (χ0v) is 15.4. The SMILES string of the molecule is CCN(CC(=O)O)C1CC(NC(=O)c2cc(OC)c(OC)c([N+](=O)[O-])c2)C1. The van der Waals surface area contributed by atoms with Crippen LogP contribution in [0.5, 0.6) is 11.5 Å². The number of carboxylic acids is 1. The van der Waals surface area contributed by atoms with Gasteiger partial charge in [0.25, 0.3) is 5.91 Å². The summed E-state index contributed by atoms with van der Waals surface area (Å²) in [7, 11) is 2.62. The second-order valence-electron chi connectivity index (χ2n) is 6.24. The molecule has 1 aliphatic rings. The Labute approximate surface area is 156 Å². The monoisotopic (exact) mass is 381 g/mol. The molecule has 1 amide bonds. The molecule has 2 N–H and O–H groups in total. The molecule has 10 nitrogen and oxygen atoms in total. The van der Waals surface area contributed by atoms with E-state index >= 15 is 0 Å². The number of carbonyl (C=O) groups is 2. The van der Waals surface area contributed by atoms with E-state index in [4.69, 9.17) is 14.6 Å². The molecule has 10 heteroatoms. The van der Waals surface area contributed by atoms with E-state index in [-0.39, 0.29) is 41.4 Å². The second-order valence-corrected chi connectivity index (χ2v) is 6.24. The summed E-state index contributed by atoms with van der Waals surface area (Å²) in [6.07, 6.45) is 1.25. The van der Waals surface area contributed by atoms with Crippen molar-refractivity contribution in [3.8, 4) is 11.5 Å². The molecule has 0 aliphatic heterocycles. The van der Waals surface area contributed by atoms with Gasteiger partial charge in [0.1, 0.15) is 0 Å². The Kier molecular flexibility index (Phi) is 6.56. The van der Waals surface area contributed by atoms with E-state index in [0.29, 0.717) is 19.4 Å². The van der Waals surface area contributed by atoms with Gasteiger partial charge in [-0.3, -0.25) is 24.6 Å². The number of hydrogen-bond donors (Lipinski definition) is 2. The molecular formula is C17H23N3O7. The number of likely N-dealkylation sites (N-methyl/N-ethyl adjacent to an activating group) is 1. The van der Waals surface area contributed by atoms with Gasteiger partial charge in [0, 0.05) is 18.2 Å². The number of benzene rings is 1. The lowest BCUT2D eigenvalue weighted by Crippen LogP contribution is -2.54. The van der Waals surface area contributed by atoms with Crippen molar-refractivity contribution in [2.45, 2.75) is 31.8 Å². The van der Waals surface area contributed by atoms with Crippen LogP contribution in [-0.2, 0) is 4.79 Å². The van der Waals surface area contributed by atoms with E-state index < -0.39 is 16.8 Å². The van der Waals surface area contributed by atoms with Crippen molar-refractivity contribution in [2.75, 3.05) is 27.3 Å². The number of carboxylic acid groups (broad SMARTS) is 1. The van der Waals surface area contributed by atoms with Gasteiger partial charge in [0.05, 0.1) is 31.3 Å². The largest absolute Gasteiger partial charge is 0.493 e. The van der Waals surface area contributed by atoms with Gasteiger partial charge in [-0.25, -0.2) is 0 Å². The van der Waals surface area contributed by atoms with Crippen LogP contribution in [0.1, 0.15) is 30.1 Å². The molecule has 0 unspecified atom stereocenters. The molecule has 0 radical (unpaired) electrons. The van der Waals surface area contributed by atoms with E-state index in [1.165, 1.54) is 20.3 Å². The maximum absolute atomic E-state index is 12.5. The molecule has 1 aliphatic carbocycles. The predicted octanol–water partition coefficient (Wildman–Crippen LogP) is 1.28. The smallest absolute Gasteiger partial charge is 0.317 e. The zero-order valence-electron chi connectivity index (χ0n) is 15.4. The summed E-state index contributed by atoms with van der Waals surface area (Å²) >= 11 is 0. The van der Waals surface area contributed by atoms with Gasteiger partial charge < -0.3 is 19.9 Å². The number of carbonyl (C=O) groups excluding carboxylic acids is 1. The standard InChI is InChI=1S/C17H23N3O7/c1-4-19(9-15(21)22)12-7-11(8-12)18-17(23)10-5-13(20(24)25)16(27-3)14(6-10)26-2/h5-6,11-12H,4,7-9H2,1-3H3,(H,18,23)(H,21,22). The lowest BCUT2D eigenvalue weighted by Gasteiger charge is -2.42. The first-order valence-electron chi connectivity index (χ1n) is 8.47. The average molecular weight is 381 g/mol. The topological polar surface area (TPSA) is 131 Å². The van der Waals surface area contributed by atoms with Gasteiger partial charge in [-0.15, -0.1) is 0 Å². The minimum Gasteiger partial charge on any atom is -0.493 e. The molecule has 0 spiro atoms. The van der Waals surface area contributed by atoms with Gasteiger partial charge in [-0.2, -0.15) is 0 Å². The lowest BCUT2D eigenvalue weighted by atomic mass is 9.85. The molecule has 1 aromatic rings. The Bertz CT molecular complexity index is 731.